The highest BCUT2D eigenvalue weighted by atomic mass is 35.5. The maximum atomic E-state index is 13.4. The lowest BCUT2D eigenvalue weighted by Crippen LogP contribution is -2.27. The van der Waals surface area contributed by atoms with Crippen LogP contribution in [0.3, 0.4) is 0 Å². The number of rotatable bonds is 5. The molecule has 1 fully saturated rings. The van der Waals surface area contributed by atoms with Gasteiger partial charge in [-0.15, -0.1) is 12.4 Å². The number of para-hydroxylation sites is 1. The van der Waals surface area contributed by atoms with Crippen molar-refractivity contribution in [3.8, 4) is 5.75 Å². The monoisotopic (exact) mass is 343 g/mol. The van der Waals surface area contributed by atoms with Crippen LogP contribution in [0.5, 0.6) is 5.75 Å². The van der Waals surface area contributed by atoms with Gasteiger partial charge >= 0.3 is 0 Å². The third-order valence-corrected chi connectivity index (χ3v) is 3.74. The summed E-state index contributed by atoms with van der Waals surface area (Å²) >= 11 is 0. The van der Waals surface area contributed by atoms with Gasteiger partial charge in [0.2, 0.25) is 11.7 Å². The van der Waals surface area contributed by atoms with Crippen molar-refractivity contribution < 1.29 is 18.4 Å². The third-order valence-electron chi connectivity index (χ3n) is 3.74. The van der Waals surface area contributed by atoms with Crippen LogP contribution in [-0.2, 0) is 11.3 Å². The number of hydrogen-bond acceptors (Lipinski definition) is 6. The summed E-state index contributed by atoms with van der Waals surface area (Å²) in [7, 11) is 0. The average Bonchev–Trinajstić information content (AvgIpc) is 3.03. The van der Waals surface area contributed by atoms with Crippen molar-refractivity contribution in [1.29, 1.82) is 0 Å². The Hall–Kier alpha value is -1.70. The van der Waals surface area contributed by atoms with Crippen LogP contribution >= 0.6 is 12.4 Å². The van der Waals surface area contributed by atoms with Crippen LogP contribution in [0.4, 0.5) is 4.39 Å². The molecule has 0 saturated carbocycles. The van der Waals surface area contributed by atoms with E-state index in [1.807, 2.05) is 0 Å². The normalized spacial score (nSPS) is 16.6. The Morgan fingerprint density at radius 3 is 2.78 bits per heavy atom. The molecule has 2 heterocycles. The zero-order chi connectivity index (χ0) is 15.4. The standard InChI is InChI=1S/C15H18FN3O3.ClH/c16-11-3-1-2-4-12(11)21-9-13-18-15(22-19-13)14(17)10-5-7-20-8-6-10;/h1-4,10,14H,5-9,17H2;1H. The molecule has 1 aliphatic heterocycles. The van der Waals surface area contributed by atoms with Crippen LogP contribution in [0.25, 0.3) is 0 Å². The van der Waals surface area contributed by atoms with E-state index in [1.165, 1.54) is 6.07 Å². The van der Waals surface area contributed by atoms with Gasteiger partial charge in [0.15, 0.2) is 18.2 Å². The highest BCUT2D eigenvalue weighted by molar-refractivity contribution is 5.85. The maximum Gasteiger partial charge on any atom is 0.243 e. The van der Waals surface area contributed by atoms with Crippen molar-refractivity contribution in [2.75, 3.05) is 13.2 Å². The lowest BCUT2D eigenvalue weighted by molar-refractivity contribution is 0.0546. The molecule has 1 saturated heterocycles. The summed E-state index contributed by atoms with van der Waals surface area (Å²) < 4.78 is 29.3. The molecule has 126 valence electrons. The Balaban J connectivity index is 0.00000192. The summed E-state index contributed by atoms with van der Waals surface area (Å²) in [6, 6.07) is 5.86. The summed E-state index contributed by atoms with van der Waals surface area (Å²) in [6.07, 6.45) is 1.76. The Kier molecular flexibility index (Phi) is 6.32. The quantitative estimate of drug-likeness (QED) is 0.898. The first-order valence-electron chi connectivity index (χ1n) is 7.27. The van der Waals surface area contributed by atoms with E-state index in [4.69, 9.17) is 19.7 Å². The van der Waals surface area contributed by atoms with Gasteiger partial charge in [0.25, 0.3) is 0 Å². The number of nitrogens with zero attached hydrogens (tertiary/aromatic N) is 2. The fourth-order valence-electron chi connectivity index (χ4n) is 2.44. The van der Waals surface area contributed by atoms with Crippen molar-refractivity contribution in [2.45, 2.75) is 25.5 Å². The molecule has 2 aromatic rings. The highest BCUT2D eigenvalue weighted by Gasteiger charge is 2.26. The molecule has 2 N–H and O–H groups in total. The molecule has 1 aromatic heterocycles. The van der Waals surface area contributed by atoms with E-state index in [1.54, 1.807) is 18.2 Å². The van der Waals surface area contributed by atoms with Gasteiger partial charge in [-0.25, -0.2) is 4.39 Å². The number of benzene rings is 1. The van der Waals surface area contributed by atoms with Crippen molar-refractivity contribution in [3.63, 3.8) is 0 Å². The largest absolute Gasteiger partial charge is 0.482 e. The van der Waals surface area contributed by atoms with Gasteiger partial charge in [0.1, 0.15) is 0 Å². The number of ether oxygens (including phenoxy) is 2. The zero-order valence-electron chi connectivity index (χ0n) is 12.5. The molecule has 1 atom stereocenters. The van der Waals surface area contributed by atoms with Crippen molar-refractivity contribution in [2.24, 2.45) is 11.7 Å². The van der Waals surface area contributed by atoms with Crippen LogP contribution in [0.15, 0.2) is 28.8 Å². The minimum Gasteiger partial charge on any atom is -0.482 e. The lowest BCUT2D eigenvalue weighted by Gasteiger charge is -2.25. The van der Waals surface area contributed by atoms with Crippen LogP contribution in [0, 0.1) is 11.7 Å². The molecule has 0 amide bonds. The minimum absolute atomic E-state index is 0. The molecule has 0 aliphatic carbocycles. The number of nitrogens with two attached hydrogens (primary N) is 1. The van der Waals surface area contributed by atoms with Gasteiger partial charge in [0, 0.05) is 13.2 Å². The van der Waals surface area contributed by atoms with Gasteiger partial charge in [-0.05, 0) is 30.9 Å². The predicted molar refractivity (Wildman–Crippen MR) is 82.7 cm³/mol. The lowest BCUT2D eigenvalue weighted by atomic mass is 9.92. The van der Waals surface area contributed by atoms with E-state index >= 15 is 0 Å². The van der Waals surface area contributed by atoms with E-state index in [0.717, 1.165) is 12.8 Å². The molecule has 0 bridgehead atoms. The van der Waals surface area contributed by atoms with Crippen molar-refractivity contribution >= 4 is 12.4 Å². The third kappa shape index (κ3) is 4.40. The van der Waals surface area contributed by atoms with Crippen LogP contribution in [0.2, 0.25) is 0 Å². The Labute approximate surface area is 139 Å². The number of aromatic nitrogens is 2. The average molecular weight is 344 g/mol. The van der Waals surface area contributed by atoms with E-state index in [9.17, 15) is 4.39 Å². The summed E-state index contributed by atoms with van der Waals surface area (Å²) in [6.45, 7) is 1.44. The fourth-order valence-corrected chi connectivity index (χ4v) is 2.44. The van der Waals surface area contributed by atoms with Gasteiger partial charge < -0.3 is 19.7 Å². The first-order chi connectivity index (χ1) is 10.7. The first kappa shape index (κ1) is 17.7. The molecule has 1 aliphatic rings. The smallest absolute Gasteiger partial charge is 0.243 e. The molecular weight excluding hydrogens is 325 g/mol. The molecule has 0 spiro atoms. The molecule has 6 nitrogen and oxygen atoms in total. The molecule has 1 aromatic carbocycles. The number of halogens is 2. The Morgan fingerprint density at radius 1 is 1.30 bits per heavy atom. The minimum atomic E-state index is -0.426. The fraction of sp³-hybridized carbons (Fsp3) is 0.467. The van der Waals surface area contributed by atoms with E-state index in [0.29, 0.717) is 24.9 Å². The van der Waals surface area contributed by atoms with Crippen LogP contribution < -0.4 is 10.5 Å². The maximum absolute atomic E-state index is 13.4. The topological polar surface area (TPSA) is 83.4 Å². The van der Waals surface area contributed by atoms with Gasteiger partial charge in [-0.1, -0.05) is 17.3 Å². The first-order valence-corrected chi connectivity index (χ1v) is 7.27. The van der Waals surface area contributed by atoms with E-state index in [-0.39, 0.29) is 36.7 Å². The summed E-state index contributed by atoms with van der Waals surface area (Å²) in [5.74, 6) is 0.738. The molecule has 8 heteroatoms. The second-order valence-corrected chi connectivity index (χ2v) is 5.24. The van der Waals surface area contributed by atoms with E-state index < -0.39 is 5.82 Å². The second kappa shape index (κ2) is 8.24. The van der Waals surface area contributed by atoms with Crippen LogP contribution in [0.1, 0.15) is 30.6 Å². The van der Waals surface area contributed by atoms with Crippen LogP contribution in [-0.4, -0.2) is 23.4 Å². The van der Waals surface area contributed by atoms with Gasteiger partial charge in [-0.2, -0.15) is 4.98 Å². The number of hydrogen-bond donors (Lipinski definition) is 1. The SMILES string of the molecule is Cl.NC(c1nc(COc2ccccc2F)no1)C1CCOCC1. The van der Waals surface area contributed by atoms with Gasteiger partial charge in [-0.3, -0.25) is 0 Å². The van der Waals surface area contributed by atoms with Gasteiger partial charge in [0.05, 0.1) is 6.04 Å². The molecule has 1 unspecified atom stereocenters. The predicted octanol–water partition coefficient (Wildman–Crippen LogP) is 2.64. The molecular formula is C15H19ClFN3O3. The summed E-state index contributed by atoms with van der Waals surface area (Å²) in [5, 5.41) is 3.83. The highest BCUT2D eigenvalue weighted by Crippen LogP contribution is 2.27. The second-order valence-electron chi connectivity index (χ2n) is 5.24. The Morgan fingerprint density at radius 2 is 2.04 bits per heavy atom. The van der Waals surface area contributed by atoms with Crippen molar-refractivity contribution in [1.82, 2.24) is 10.1 Å². The molecule has 23 heavy (non-hydrogen) atoms. The van der Waals surface area contributed by atoms with E-state index in [2.05, 4.69) is 10.1 Å². The Bertz CT molecular complexity index is 620. The zero-order valence-corrected chi connectivity index (χ0v) is 13.3. The summed E-state index contributed by atoms with van der Waals surface area (Å²) in [4.78, 5) is 4.24. The summed E-state index contributed by atoms with van der Waals surface area (Å²) in [5.41, 5.74) is 6.16. The molecule has 3 rings (SSSR count). The molecule has 0 radical (unpaired) electrons. The van der Waals surface area contributed by atoms with Crippen molar-refractivity contribution in [3.05, 3.63) is 41.8 Å².